The SMILES string of the molecule is CC(C)CC(CCl)NS(=O)(=O)CCS(C)(=O)=O. The lowest BCUT2D eigenvalue weighted by atomic mass is 10.1. The van der Waals surface area contributed by atoms with Crippen LogP contribution in [0.5, 0.6) is 0 Å². The highest BCUT2D eigenvalue weighted by Gasteiger charge is 2.19. The fourth-order valence-corrected chi connectivity index (χ4v) is 4.47. The number of sulfonamides is 1. The number of hydrogen-bond acceptors (Lipinski definition) is 4. The van der Waals surface area contributed by atoms with Crippen LogP contribution in [0.3, 0.4) is 0 Å². The van der Waals surface area contributed by atoms with Crippen LogP contribution in [0.15, 0.2) is 0 Å². The zero-order chi connectivity index (χ0) is 13.7. The fourth-order valence-electron chi connectivity index (χ4n) is 1.29. The summed E-state index contributed by atoms with van der Waals surface area (Å²) in [5, 5.41) is 0. The first-order valence-electron chi connectivity index (χ1n) is 5.29. The number of nitrogens with one attached hydrogen (secondary N) is 1. The largest absolute Gasteiger partial charge is 0.229 e. The van der Waals surface area contributed by atoms with E-state index >= 15 is 0 Å². The molecule has 0 radical (unpaired) electrons. The highest BCUT2D eigenvalue weighted by Crippen LogP contribution is 2.07. The van der Waals surface area contributed by atoms with Crippen molar-refractivity contribution in [1.29, 1.82) is 0 Å². The molecule has 0 aromatic heterocycles. The predicted molar refractivity (Wildman–Crippen MR) is 70.6 cm³/mol. The van der Waals surface area contributed by atoms with Crippen molar-refractivity contribution in [1.82, 2.24) is 4.72 Å². The Balaban J connectivity index is 4.42. The molecule has 1 N–H and O–H groups in total. The molecule has 0 bridgehead atoms. The van der Waals surface area contributed by atoms with E-state index in [1.165, 1.54) is 0 Å². The van der Waals surface area contributed by atoms with E-state index in [0.29, 0.717) is 12.3 Å². The van der Waals surface area contributed by atoms with Gasteiger partial charge in [0.2, 0.25) is 10.0 Å². The Labute approximate surface area is 109 Å². The van der Waals surface area contributed by atoms with Gasteiger partial charge in [-0.15, -0.1) is 11.6 Å². The Bertz CT molecular complexity index is 416. The molecular formula is C9H20ClNO4S2. The monoisotopic (exact) mass is 305 g/mol. The van der Waals surface area contributed by atoms with E-state index in [4.69, 9.17) is 11.6 Å². The first kappa shape index (κ1) is 17.2. The molecule has 5 nitrogen and oxygen atoms in total. The summed E-state index contributed by atoms with van der Waals surface area (Å²) >= 11 is 5.66. The van der Waals surface area contributed by atoms with Crippen molar-refractivity contribution in [2.45, 2.75) is 26.3 Å². The molecule has 8 heteroatoms. The highest BCUT2D eigenvalue weighted by molar-refractivity contribution is 7.93. The van der Waals surface area contributed by atoms with Crippen LogP contribution in [0.25, 0.3) is 0 Å². The van der Waals surface area contributed by atoms with Crippen LogP contribution in [0, 0.1) is 5.92 Å². The van der Waals surface area contributed by atoms with Crippen molar-refractivity contribution < 1.29 is 16.8 Å². The van der Waals surface area contributed by atoms with E-state index in [-0.39, 0.29) is 17.7 Å². The second-order valence-corrected chi connectivity index (χ2v) is 8.99. The molecule has 0 aliphatic heterocycles. The zero-order valence-electron chi connectivity index (χ0n) is 10.3. The molecule has 0 saturated heterocycles. The summed E-state index contributed by atoms with van der Waals surface area (Å²) in [6, 6.07) is -0.346. The van der Waals surface area contributed by atoms with Gasteiger partial charge in [-0.3, -0.25) is 0 Å². The summed E-state index contributed by atoms with van der Waals surface area (Å²) in [6.45, 7) is 3.93. The topological polar surface area (TPSA) is 80.3 Å². The van der Waals surface area contributed by atoms with Crippen LogP contribution in [0.2, 0.25) is 0 Å². The van der Waals surface area contributed by atoms with Gasteiger partial charge >= 0.3 is 0 Å². The van der Waals surface area contributed by atoms with Crippen LogP contribution < -0.4 is 4.72 Å². The summed E-state index contributed by atoms with van der Waals surface area (Å²) in [7, 11) is -6.86. The van der Waals surface area contributed by atoms with Crippen LogP contribution in [0.4, 0.5) is 0 Å². The minimum atomic E-state index is -3.59. The van der Waals surface area contributed by atoms with Gasteiger partial charge in [-0.1, -0.05) is 13.8 Å². The van der Waals surface area contributed by atoms with Gasteiger partial charge in [-0.05, 0) is 12.3 Å². The Morgan fingerprint density at radius 1 is 1.12 bits per heavy atom. The van der Waals surface area contributed by atoms with Crippen molar-refractivity contribution in [2.24, 2.45) is 5.92 Å². The molecule has 0 aromatic carbocycles. The second-order valence-electron chi connectivity index (χ2n) is 4.55. The van der Waals surface area contributed by atoms with Crippen LogP contribution >= 0.6 is 11.6 Å². The van der Waals surface area contributed by atoms with E-state index in [1.54, 1.807) is 0 Å². The molecule has 104 valence electrons. The summed E-state index contributed by atoms with van der Waals surface area (Å²) < 4.78 is 47.4. The number of hydrogen-bond donors (Lipinski definition) is 1. The second kappa shape index (κ2) is 6.92. The van der Waals surface area contributed by atoms with E-state index in [2.05, 4.69) is 4.72 Å². The van der Waals surface area contributed by atoms with Gasteiger partial charge in [0.1, 0.15) is 9.84 Å². The molecule has 0 rings (SSSR count). The van der Waals surface area contributed by atoms with E-state index in [9.17, 15) is 16.8 Å². The van der Waals surface area contributed by atoms with Gasteiger partial charge in [0, 0.05) is 18.2 Å². The first-order valence-corrected chi connectivity index (χ1v) is 9.54. The van der Waals surface area contributed by atoms with E-state index in [1.807, 2.05) is 13.8 Å². The first-order chi connectivity index (χ1) is 7.56. The highest BCUT2D eigenvalue weighted by atomic mass is 35.5. The molecule has 0 saturated carbocycles. The number of sulfone groups is 1. The summed E-state index contributed by atoms with van der Waals surface area (Å²) in [5.41, 5.74) is 0. The van der Waals surface area contributed by atoms with Gasteiger partial charge < -0.3 is 0 Å². The Morgan fingerprint density at radius 2 is 1.65 bits per heavy atom. The minimum absolute atomic E-state index is 0.177. The maximum atomic E-state index is 11.6. The zero-order valence-corrected chi connectivity index (χ0v) is 12.7. The van der Waals surface area contributed by atoms with E-state index in [0.717, 1.165) is 6.26 Å². The third-order valence-corrected chi connectivity index (χ3v) is 5.02. The van der Waals surface area contributed by atoms with Crippen molar-refractivity contribution in [2.75, 3.05) is 23.6 Å². The molecule has 0 aliphatic rings. The average molecular weight is 306 g/mol. The van der Waals surface area contributed by atoms with Gasteiger partial charge in [-0.25, -0.2) is 21.6 Å². The standard InChI is InChI=1S/C9H20ClNO4S2/c1-8(2)6-9(7-10)11-17(14,15)5-4-16(3,12)13/h8-9,11H,4-7H2,1-3H3. The number of rotatable bonds is 8. The average Bonchev–Trinajstić information content (AvgIpc) is 2.12. The lowest BCUT2D eigenvalue weighted by Gasteiger charge is -2.17. The van der Waals surface area contributed by atoms with Gasteiger partial charge in [0.25, 0.3) is 0 Å². The quantitative estimate of drug-likeness (QED) is 0.666. The molecule has 0 amide bonds. The molecule has 0 aliphatic carbocycles. The lowest BCUT2D eigenvalue weighted by molar-refractivity contribution is 0.485. The number of halogens is 1. The molecule has 0 fully saturated rings. The van der Waals surface area contributed by atoms with Crippen molar-refractivity contribution in [3.63, 3.8) is 0 Å². The Kier molecular flexibility index (Phi) is 6.98. The van der Waals surface area contributed by atoms with Gasteiger partial charge in [0.05, 0.1) is 11.5 Å². The maximum Gasteiger partial charge on any atom is 0.212 e. The summed E-state index contributed by atoms with van der Waals surface area (Å²) in [6.07, 6.45) is 1.64. The smallest absolute Gasteiger partial charge is 0.212 e. The molecule has 0 aromatic rings. The normalized spacial score (nSPS) is 15.1. The van der Waals surface area contributed by atoms with E-state index < -0.39 is 25.6 Å². The number of alkyl halides is 1. The summed E-state index contributed by atoms with van der Waals surface area (Å²) in [5.74, 6) is -0.302. The van der Waals surface area contributed by atoms with Crippen LogP contribution in [-0.4, -0.2) is 46.5 Å². The third kappa shape index (κ3) is 9.82. The van der Waals surface area contributed by atoms with Crippen LogP contribution in [-0.2, 0) is 19.9 Å². The Morgan fingerprint density at radius 3 is 2.00 bits per heavy atom. The molecule has 1 atom stereocenters. The molecule has 1 unspecified atom stereocenters. The third-order valence-electron chi connectivity index (χ3n) is 2.01. The molecule has 0 spiro atoms. The molecular weight excluding hydrogens is 286 g/mol. The van der Waals surface area contributed by atoms with Crippen molar-refractivity contribution >= 4 is 31.5 Å². The molecule has 0 heterocycles. The van der Waals surface area contributed by atoms with Crippen molar-refractivity contribution in [3.8, 4) is 0 Å². The Hall–Kier alpha value is 0.150. The fraction of sp³-hybridized carbons (Fsp3) is 1.00. The minimum Gasteiger partial charge on any atom is -0.229 e. The van der Waals surface area contributed by atoms with Gasteiger partial charge in [0.15, 0.2) is 0 Å². The molecule has 17 heavy (non-hydrogen) atoms. The predicted octanol–water partition coefficient (Wildman–Crippen LogP) is 0.604. The maximum absolute atomic E-state index is 11.6. The summed E-state index contributed by atoms with van der Waals surface area (Å²) in [4.78, 5) is 0. The van der Waals surface area contributed by atoms with Crippen LogP contribution in [0.1, 0.15) is 20.3 Å². The van der Waals surface area contributed by atoms with Crippen molar-refractivity contribution in [3.05, 3.63) is 0 Å². The lowest BCUT2D eigenvalue weighted by Crippen LogP contribution is -2.39. The van der Waals surface area contributed by atoms with Gasteiger partial charge in [-0.2, -0.15) is 0 Å².